The lowest BCUT2D eigenvalue weighted by Crippen LogP contribution is -2.10. The fourth-order valence-electron chi connectivity index (χ4n) is 1.65. The first kappa shape index (κ1) is 14.5. The summed E-state index contributed by atoms with van der Waals surface area (Å²) in [6.45, 7) is 2.02. The molecule has 0 aliphatic heterocycles. The van der Waals surface area contributed by atoms with Crippen molar-refractivity contribution in [1.82, 2.24) is 4.98 Å². The Morgan fingerprint density at radius 3 is 2.40 bits per heavy atom. The number of rotatable bonds is 5. The maximum atomic E-state index is 10.6. The van der Waals surface area contributed by atoms with E-state index < -0.39 is 4.92 Å². The van der Waals surface area contributed by atoms with Crippen LogP contribution in [-0.2, 0) is 0 Å². The first-order valence-electron chi connectivity index (χ1n) is 6.24. The lowest BCUT2D eigenvalue weighted by molar-refractivity contribution is -0.384. The third kappa shape index (κ3) is 3.55. The lowest BCUT2D eigenvalue weighted by atomic mass is 10.1. The van der Waals surface area contributed by atoms with Crippen molar-refractivity contribution in [2.75, 3.05) is 0 Å². The van der Waals surface area contributed by atoms with Crippen molar-refractivity contribution in [3.8, 4) is 0 Å². The van der Waals surface area contributed by atoms with Crippen LogP contribution in [0.3, 0.4) is 0 Å². The molecule has 0 fully saturated rings. The van der Waals surface area contributed by atoms with Crippen molar-refractivity contribution >= 4 is 17.4 Å². The average molecular weight is 289 g/mol. The normalized spacial score (nSPS) is 12.1. The van der Waals surface area contributed by atoms with E-state index in [9.17, 15) is 10.1 Å². The SMILES string of the molecule is CC[C@@H](N)c1ccc(Sc2ccc([N+](=O)[O-])cc2)cn1. The molecular weight excluding hydrogens is 274 g/mol. The van der Waals surface area contributed by atoms with Gasteiger partial charge < -0.3 is 5.73 Å². The molecule has 20 heavy (non-hydrogen) atoms. The quantitative estimate of drug-likeness (QED) is 0.672. The number of nitro groups is 1. The van der Waals surface area contributed by atoms with Crippen LogP contribution in [-0.4, -0.2) is 9.91 Å². The molecule has 0 unspecified atom stereocenters. The number of non-ortho nitro benzene ring substituents is 1. The highest BCUT2D eigenvalue weighted by Gasteiger charge is 2.07. The van der Waals surface area contributed by atoms with Crippen molar-refractivity contribution in [1.29, 1.82) is 0 Å². The predicted octanol–water partition coefficient (Wildman–Crippen LogP) is 3.55. The van der Waals surface area contributed by atoms with E-state index >= 15 is 0 Å². The van der Waals surface area contributed by atoms with Crippen LogP contribution in [0.5, 0.6) is 0 Å². The highest BCUT2D eigenvalue weighted by molar-refractivity contribution is 7.99. The standard InChI is InChI=1S/C14H15N3O2S/c1-2-13(15)14-8-7-12(9-16-14)20-11-5-3-10(4-6-11)17(18)19/h3-9,13H,2,15H2,1H3/t13-/m1/s1. The Balaban J connectivity index is 2.08. The van der Waals surface area contributed by atoms with Crippen LogP contribution < -0.4 is 5.73 Å². The van der Waals surface area contributed by atoms with E-state index in [1.807, 2.05) is 19.1 Å². The van der Waals surface area contributed by atoms with E-state index in [0.29, 0.717) is 0 Å². The van der Waals surface area contributed by atoms with Gasteiger partial charge in [0.15, 0.2) is 0 Å². The van der Waals surface area contributed by atoms with E-state index in [1.54, 1.807) is 18.3 Å². The molecule has 1 aromatic heterocycles. The third-order valence-corrected chi connectivity index (χ3v) is 3.85. The van der Waals surface area contributed by atoms with Gasteiger partial charge in [0.2, 0.25) is 0 Å². The molecule has 1 atom stereocenters. The molecule has 0 spiro atoms. The summed E-state index contributed by atoms with van der Waals surface area (Å²) in [6, 6.07) is 10.3. The smallest absolute Gasteiger partial charge is 0.269 e. The molecule has 0 saturated heterocycles. The number of pyridine rings is 1. The van der Waals surface area contributed by atoms with Gasteiger partial charge in [-0.05, 0) is 30.7 Å². The Morgan fingerprint density at radius 1 is 1.25 bits per heavy atom. The van der Waals surface area contributed by atoms with Crippen molar-refractivity contribution in [2.45, 2.75) is 29.2 Å². The molecule has 0 amide bonds. The molecule has 0 bridgehead atoms. The summed E-state index contributed by atoms with van der Waals surface area (Å²) in [5.41, 5.74) is 6.88. The lowest BCUT2D eigenvalue weighted by Gasteiger charge is -2.08. The van der Waals surface area contributed by atoms with Crippen LogP contribution in [0.25, 0.3) is 0 Å². The maximum Gasteiger partial charge on any atom is 0.269 e. The first-order valence-corrected chi connectivity index (χ1v) is 7.05. The molecule has 0 aliphatic carbocycles. The fourth-order valence-corrected chi connectivity index (χ4v) is 2.44. The monoisotopic (exact) mass is 289 g/mol. The summed E-state index contributed by atoms with van der Waals surface area (Å²) >= 11 is 1.51. The van der Waals surface area contributed by atoms with Crippen molar-refractivity contribution in [3.63, 3.8) is 0 Å². The Hall–Kier alpha value is -1.92. The molecule has 1 heterocycles. The Kier molecular flexibility index (Phi) is 4.70. The summed E-state index contributed by atoms with van der Waals surface area (Å²) in [7, 11) is 0. The molecule has 1 aromatic carbocycles. The van der Waals surface area contributed by atoms with Crippen LogP contribution in [0.1, 0.15) is 25.1 Å². The van der Waals surface area contributed by atoms with E-state index in [-0.39, 0.29) is 11.7 Å². The molecule has 2 aromatic rings. The minimum Gasteiger partial charge on any atom is -0.323 e. The summed E-state index contributed by atoms with van der Waals surface area (Å²) in [6.07, 6.45) is 2.62. The number of nitro benzene ring substituents is 1. The Bertz CT molecular complexity index is 584. The van der Waals surface area contributed by atoms with E-state index in [2.05, 4.69) is 4.98 Å². The number of nitrogens with two attached hydrogens (primary N) is 1. The van der Waals surface area contributed by atoms with Crippen molar-refractivity contribution < 1.29 is 4.92 Å². The van der Waals surface area contributed by atoms with Gasteiger partial charge >= 0.3 is 0 Å². The van der Waals surface area contributed by atoms with Gasteiger partial charge in [0, 0.05) is 34.2 Å². The number of benzene rings is 1. The van der Waals surface area contributed by atoms with Gasteiger partial charge in [0.25, 0.3) is 5.69 Å². The predicted molar refractivity (Wildman–Crippen MR) is 78.7 cm³/mol. The Morgan fingerprint density at radius 2 is 1.90 bits per heavy atom. The molecule has 2 rings (SSSR count). The topological polar surface area (TPSA) is 82.0 Å². The van der Waals surface area contributed by atoms with Gasteiger partial charge in [0.05, 0.1) is 10.6 Å². The molecule has 0 saturated carbocycles. The second-order valence-electron chi connectivity index (χ2n) is 4.29. The van der Waals surface area contributed by atoms with Gasteiger partial charge in [-0.3, -0.25) is 15.1 Å². The second kappa shape index (κ2) is 6.49. The summed E-state index contributed by atoms with van der Waals surface area (Å²) in [5.74, 6) is 0. The minimum absolute atomic E-state index is 0.0339. The largest absolute Gasteiger partial charge is 0.323 e. The van der Waals surface area contributed by atoms with Gasteiger partial charge in [0.1, 0.15) is 0 Å². The zero-order valence-corrected chi connectivity index (χ0v) is 11.8. The zero-order valence-electron chi connectivity index (χ0n) is 11.0. The fraction of sp³-hybridized carbons (Fsp3) is 0.214. The summed E-state index contributed by atoms with van der Waals surface area (Å²) in [4.78, 5) is 16.4. The second-order valence-corrected chi connectivity index (χ2v) is 5.43. The van der Waals surface area contributed by atoms with Crippen LogP contribution >= 0.6 is 11.8 Å². The third-order valence-electron chi connectivity index (χ3n) is 2.86. The highest BCUT2D eigenvalue weighted by atomic mass is 32.2. The highest BCUT2D eigenvalue weighted by Crippen LogP contribution is 2.29. The molecule has 0 aliphatic rings. The molecule has 104 valence electrons. The summed E-state index contributed by atoms with van der Waals surface area (Å²) in [5, 5.41) is 10.6. The van der Waals surface area contributed by atoms with Crippen molar-refractivity contribution in [3.05, 3.63) is 58.4 Å². The van der Waals surface area contributed by atoms with Gasteiger partial charge in [-0.1, -0.05) is 18.7 Å². The van der Waals surface area contributed by atoms with E-state index in [1.165, 1.54) is 23.9 Å². The Labute approximate surface area is 121 Å². The minimum atomic E-state index is -0.406. The van der Waals surface area contributed by atoms with Crippen LogP contribution in [0.4, 0.5) is 5.69 Å². The number of hydrogen-bond acceptors (Lipinski definition) is 5. The van der Waals surface area contributed by atoms with E-state index in [4.69, 9.17) is 5.73 Å². The molecule has 6 heteroatoms. The number of aromatic nitrogens is 1. The molecule has 0 radical (unpaired) electrons. The summed E-state index contributed by atoms with van der Waals surface area (Å²) < 4.78 is 0. The number of hydrogen-bond donors (Lipinski definition) is 1. The van der Waals surface area contributed by atoms with Crippen LogP contribution in [0.2, 0.25) is 0 Å². The van der Waals surface area contributed by atoms with Gasteiger partial charge in [-0.25, -0.2) is 0 Å². The maximum absolute atomic E-state index is 10.6. The first-order chi connectivity index (χ1) is 9.60. The number of nitrogens with zero attached hydrogens (tertiary/aromatic N) is 2. The van der Waals surface area contributed by atoms with Gasteiger partial charge in [-0.15, -0.1) is 0 Å². The van der Waals surface area contributed by atoms with Gasteiger partial charge in [-0.2, -0.15) is 0 Å². The molecular formula is C14H15N3O2S. The average Bonchev–Trinajstić information content (AvgIpc) is 2.48. The van der Waals surface area contributed by atoms with Crippen molar-refractivity contribution in [2.24, 2.45) is 5.73 Å². The van der Waals surface area contributed by atoms with Crippen LogP contribution in [0, 0.1) is 10.1 Å². The molecule has 2 N–H and O–H groups in total. The van der Waals surface area contributed by atoms with Crippen LogP contribution in [0.15, 0.2) is 52.4 Å². The molecule has 5 nitrogen and oxygen atoms in total. The zero-order chi connectivity index (χ0) is 14.5. The van der Waals surface area contributed by atoms with E-state index in [0.717, 1.165) is 21.9 Å².